The monoisotopic (exact) mass is 344 g/mol. The van der Waals surface area contributed by atoms with Crippen molar-refractivity contribution >= 4 is 29.0 Å². The van der Waals surface area contributed by atoms with Crippen LogP contribution in [-0.4, -0.2) is 29.0 Å². The highest BCUT2D eigenvalue weighted by atomic mass is 35.5. The number of rotatable bonds is 3. The van der Waals surface area contributed by atoms with Gasteiger partial charge in [-0.15, -0.1) is 0 Å². The maximum absolute atomic E-state index is 12.3. The first-order chi connectivity index (χ1) is 11.5. The Morgan fingerprint density at radius 2 is 2.00 bits per heavy atom. The summed E-state index contributed by atoms with van der Waals surface area (Å²) in [6, 6.07) is 5.41. The van der Waals surface area contributed by atoms with Crippen molar-refractivity contribution in [1.29, 1.82) is 0 Å². The Kier molecular flexibility index (Phi) is 5.00. The summed E-state index contributed by atoms with van der Waals surface area (Å²) in [4.78, 5) is 23.1. The Hall–Kier alpha value is -2.14. The third kappa shape index (κ3) is 3.85. The fourth-order valence-electron chi connectivity index (χ4n) is 2.71. The summed E-state index contributed by atoms with van der Waals surface area (Å²) in [7, 11) is 0. The molecule has 1 aliphatic heterocycles. The number of nitrogens with zero attached hydrogens (tertiary/aromatic N) is 3. The van der Waals surface area contributed by atoms with E-state index in [1.54, 1.807) is 12.3 Å². The van der Waals surface area contributed by atoms with Gasteiger partial charge in [-0.1, -0.05) is 24.6 Å². The lowest BCUT2D eigenvalue weighted by Gasteiger charge is -2.30. The summed E-state index contributed by atoms with van der Waals surface area (Å²) >= 11 is 6.08. The van der Waals surface area contributed by atoms with Gasteiger partial charge < -0.3 is 10.2 Å². The van der Waals surface area contributed by atoms with E-state index in [-0.39, 0.29) is 5.91 Å². The van der Waals surface area contributed by atoms with Gasteiger partial charge in [0, 0.05) is 23.8 Å². The molecule has 1 aliphatic rings. The number of hydrogen-bond donors (Lipinski definition) is 1. The summed E-state index contributed by atoms with van der Waals surface area (Å²) in [5.74, 6) is 1.30. The minimum atomic E-state index is -0.291. The van der Waals surface area contributed by atoms with Gasteiger partial charge in [0.25, 0.3) is 5.91 Å². The number of halogens is 1. The van der Waals surface area contributed by atoms with Gasteiger partial charge in [-0.05, 0) is 43.4 Å². The standard InChI is InChI=1S/C18H21ClN4O/c1-12-5-7-23(8-6-12)17-11-20-16(10-21-17)18(24)22-14-4-3-13(2)15(19)9-14/h3-4,9-12H,5-8H2,1-2H3,(H,22,24). The van der Waals surface area contributed by atoms with Gasteiger partial charge in [-0.3, -0.25) is 4.79 Å². The number of benzene rings is 1. The molecule has 24 heavy (non-hydrogen) atoms. The number of carbonyl (C=O) groups is 1. The largest absolute Gasteiger partial charge is 0.355 e. The first kappa shape index (κ1) is 16.7. The number of piperidine rings is 1. The summed E-state index contributed by atoms with van der Waals surface area (Å²) in [6.45, 7) is 6.17. The maximum Gasteiger partial charge on any atom is 0.275 e. The SMILES string of the molecule is Cc1ccc(NC(=O)c2cnc(N3CCC(C)CC3)cn2)cc1Cl. The number of aryl methyl sites for hydroxylation is 1. The lowest BCUT2D eigenvalue weighted by Crippen LogP contribution is -2.33. The molecular formula is C18H21ClN4O. The van der Waals surface area contributed by atoms with E-state index in [0.717, 1.165) is 43.2 Å². The van der Waals surface area contributed by atoms with Crippen molar-refractivity contribution in [2.45, 2.75) is 26.7 Å². The Balaban J connectivity index is 1.66. The smallest absolute Gasteiger partial charge is 0.275 e. The molecule has 5 nitrogen and oxygen atoms in total. The van der Waals surface area contributed by atoms with Crippen molar-refractivity contribution in [2.75, 3.05) is 23.3 Å². The number of carbonyl (C=O) groups excluding carboxylic acids is 1. The van der Waals surface area contributed by atoms with Crippen molar-refractivity contribution in [2.24, 2.45) is 5.92 Å². The minimum Gasteiger partial charge on any atom is -0.355 e. The number of hydrogen-bond acceptors (Lipinski definition) is 4. The van der Waals surface area contributed by atoms with E-state index in [0.29, 0.717) is 16.4 Å². The summed E-state index contributed by atoms with van der Waals surface area (Å²) in [6.07, 6.45) is 5.53. The van der Waals surface area contributed by atoms with Crippen LogP contribution in [0, 0.1) is 12.8 Å². The zero-order valence-corrected chi connectivity index (χ0v) is 14.7. The zero-order valence-electron chi connectivity index (χ0n) is 13.9. The number of anilines is 2. The second-order valence-electron chi connectivity index (χ2n) is 6.35. The van der Waals surface area contributed by atoms with Crippen LogP contribution in [0.5, 0.6) is 0 Å². The van der Waals surface area contributed by atoms with Crippen LogP contribution in [0.4, 0.5) is 11.5 Å². The van der Waals surface area contributed by atoms with Gasteiger partial charge in [0.05, 0.1) is 12.4 Å². The summed E-state index contributed by atoms with van der Waals surface area (Å²) < 4.78 is 0. The number of amides is 1. The molecule has 0 bridgehead atoms. The van der Waals surface area contributed by atoms with Crippen LogP contribution in [-0.2, 0) is 0 Å². The molecule has 1 saturated heterocycles. The predicted molar refractivity (Wildman–Crippen MR) is 96.8 cm³/mol. The highest BCUT2D eigenvalue weighted by Gasteiger charge is 2.18. The zero-order chi connectivity index (χ0) is 17.1. The molecular weight excluding hydrogens is 324 g/mol. The molecule has 1 fully saturated rings. The van der Waals surface area contributed by atoms with Crippen LogP contribution in [0.1, 0.15) is 35.8 Å². The Morgan fingerprint density at radius 3 is 2.62 bits per heavy atom. The molecule has 1 aromatic heterocycles. The maximum atomic E-state index is 12.3. The quantitative estimate of drug-likeness (QED) is 0.916. The van der Waals surface area contributed by atoms with E-state index < -0.39 is 0 Å². The molecule has 0 radical (unpaired) electrons. The number of aromatic nitrogens is 2. The fourth-order valence-corrected chi connectivity index (χ4v) is 2.89. The molecule has 3 rings (SSSR count). The van der Waals surface area contributed by atoms with Crippen molar-refractivity contribution in [3.05, 3.63) is 46.9 Å². The molecule has 126 valence electrons. The highest BCUT2D eigenvalue weighted by Crippen LogP contribution is 2.22. The second-order valence-corrected chi connectivity index (χ2v) is 6.75. The van der Waals surface area contributed by atoms with Gasteiger partial charge in [0.15, 0.2) is 0 Å². The molecule has 1 amide bonds. The van der Waals surface area contributed by atoms with Gasteiger partial charge in [0.2, 0.25) is 0 Å². The molecule has 6 heteroatoms. The minimum absolute atomic E-state index is 0.291. The predicted octanol–water partition coefficient (Wildman–Crippen LogP) is 3.93. The normalized spacial score (nSPS) is 15.4. The van der Waals surface area contributed by atoms with Crippen LogP contribution < -0.4 is 10.2 Å². The lowest BCUT2D eigenvalue weighted by atomic mass is 9.99. The Labute approximate surface area is 147 Å². The molecule has 2 heterocycles. The average molecular weight is 345 g/mol. The molecule has 0 spiro atoms. The molecule has 1 N–H and O–H groups in total. The van der Waals surface area contributed by atoms with Crippen molar-refractivity contribution in [1.82, 2.24) is 9.97 Å². The van der Waals surface area contributed by atoms with Crippen LogP contribution in [0.2, 0.25) is 5.02 Å². The third-order valence-corrected chi connectivity index (χ3v) is 4.82. The van der Waals surface area contributed by atoms with E-state index in [4.69, 9.17) is 11.6 Å². The topological polar surface area (TPSA) is 58.1 Å². The third-order valence-electron chi connectivity index (χ3n) is 4.41. The van der Waals surface area contributed by atoms with Crippen LogP contribution >= 0.6 is 11.6 Å². The number of nitrogens with one attached hydrogen (secondary N) is 1. The van der Waals surface area contributed by atoms with Gasteiger partial charge >= 0.3 is 0 Å². The van der Waals surface area contributed by atoms with Crippen LogP contribution in [0.3, 0.4) is 0 Å². The van der Waals surface area contributed by atoms with Gasteiger partial charge in [-0.2, -0.15) is 0 Å². The molecule has 2 aromatic rings. The first-order valence-electron chi connectivity index (χ1n) is 8.17. The fraction of sp³-hybridized carbons (Fsp3) is 0.389. The molecule has 0 unspecified atom stereocenters. The highest BCUT2D eigenvalue weighted by molar-refractivity contribution is 6.31. The second kappa shape index (κ2) is 7.18. The lowest BCUT2D eigenvalue weighted by molar-refractivity contribution is 0.102. The van der Waals surface area contributed by atoms with E-state index in [1.807, 2.05) is 19.1 Å². The molecule has 0 aliphatic carbocycles. The van der Waals surface area contributed by atoms with E-state index in [1.165, 1.54) is 6.20 Å². The van der Waals surface area contributed by atoms with Crippen LogP contribution in [0.15, 0.2) is 30.6 Å². The Bertz CT molecular complexity index is 724. The molecule has 1 aromatic carbocycles. The molecule has 0 saturated carbocycles. The molecule has 0 atom stereocenters. The van der Waals surface area contributed by atoms with E-state index in [9.17, 15) is 4.79 Å². The summed E-state index contributed by atoms with van der Waals surface area (Å²) in [5, 5.41) is 3.41. The van der Waals surface area contributed by atoms with Gasteiger partial charge in [0.1, 0.15) is 11.5 Å². The summed E-state index contributed by atoms with van der Waals surface area (Å²) in [5.41, 5.74) is 1.90. The van der Waals surface area contributed by atoms with Crippen molar-refractivity contribution in [3.8, 4) is 0 Å². The first-order valence-corrected chi connectivity index (χ1v) is 8.55. The van der Waals surface area contributed by atoms with Crippen molar-refractivity contribution < 1.29 is 4.79 Å². The van der Waals surface area contributed by atoms with E-state index in [2.05, 4.69) is 27.1 Å². The van der Waals surface area contributed by atoms with Crippen LogP contribution in [0.25, 0.3) is 0 Å². The Morgan fingerprint density at radius 1 is 1.25 bits per heavy atom. The average Bonchev–Trinajstić information content (AvgIpc) is 2.59. The van der Waals surface area contributed by atoms with Gasteiger partial charge in [-0.25, -0.2) is 9.97 Å². The van der Waals surface area contributed by atoms with Crippen molar-refractivity contribution in [3.63, 3.8) is 0 Å². The van der Waals surface area contributed by atoms with E-state index >= 15 is 0 Å².